The van der Waals surface area contributed by atoms with Gasteiger partial charge in [-0.2, -0.15) is 0 Å². The Morgan fingerprint density at radius 3 is 2.17 bits per heavy atom. The first kappa shape index (κ1) is 13.4. The van der Waals surface area contributed by atoms with Crippen LogP contribution in [0.15, 0.2) is 0 Å². The molecule has 0 aromatic heterocycles. The highest BCUT2D eigenvalue weighted by molar-refractivity contribution is 5.91. The summed E-state index contributed by atoms with van der Waals surface area (Å²) in [6.07, 6.45) is 3.30. The van der Waals surface area contributed by atoms with Crippen LogP contribution in [0, 0.1) is 23.2 Å². The van der Waals surface area contributed by atoms with Crippen molar-refractivity contribution in [1.82, 2.24) is 4.90 Å². The molecule has 2 fully saturated rings. The van der Waals surface area contributed by atoms with Gasteiger partial charge in [-0.3, -0.25) is 9.59 Å². The number of nitrogens with zero attached hydrogens (tertiary/aromatic N) is 1. The van der Waals surface area contributed by atoms with Crippen molar-refractivity contribution < 1.29 is 14.7 Å². The van der Waals surface area contributed by atoms with Crippen LogP contribution in [0.3, 0.4) is 0 Å². The standard InChI is InChI=1S/C14H23NO3/c1-4-9-5-7-15(8-6-9)12(16)10-11(13(17)18)14(10,2)3/h9-11H,4-8H2,1-3H3,(H,17,18). The molecule has 2 atom stereocenters. The largest absolute Gasteiger partial charge is 0.481 e. The van der Waals surface area contributed by atoms with Gasteiger partial charge in [-0.15, -0.1) is 0 Å². The summed E-state index contributed by atoms with van der Waals surface area (Å²) in [4.78, 5) is 25.3. The van der Waals surface area contributed by atoms with Crippen LogP contribution in [0.25, 0.3) is 0 Å². The average molecular weight is 253 g/mol. The first-order valence-corrected chi connectivity index (χ1v) is 6.91. The van der Waals surface area contributed by atoms with E-state index in [0.29, 0.717) is 0 Å². The van der Waals surface area contributed by atoms with Crippen LogP contribution in [0.1, 0.15) is 40.0 Å². The summed E-state index contributed by atoms with van der Waals surface area (Å²) in [6.45, 7) is 7.55. The molecule has 102 valence electrons. The minimum absolute atomic E-state index is 0.0574. The molecule has 2 aliphatic rings. The molecule has 0 spiro atoms. The molecule has 1 saturated heterocycles. The molecule has 18 heavy (non-hydrogen) atoms. The topological polar surface area (TPSA) is 57.6 Å². The van der Waals surface area contributed by atoms with Crippen LogP contribution in [0.4, 0.5) is 0 Å². The van der Waals surface area contributed by atoms with Gasteiger partial charge in [0.25, 0.3) is 0 Å². The van der Waals surface area contributed by atoms with Crippen molar-refractivity contribution in [3.05, 3.63) is 0 Å². The lowest BCUT2D eigenvalue weighted by Gasteiger charge is -2.32. The summed E-state index contributed by atoms with van der Waals surface area (Å²) in [5.74, 6) is -0.845. The minimum atomic E-state index is -0.832. The zero-order chi connectivity index (χ0) is 13.5. The molecule has 0 radical (unpaired) electrons. The highest BCUT2D eigenvalue weighted by Crippen LogP contribution is 2.59. The molecule has 4 heteroatoms. The molecule has 4 nitrogen and oxygen atoms in total. The quantitative estimate of drug-likeness (QED) is 0.837. The summed E-state index contributed by atoms with van der Waals surface area (Å²) >= 11 is 0. The van der Waals surface area contributed by atoms with E-state index in [2.05, 4.69) is 6.92 Å². The maximum atomic E-state index is 12.3. The number of hydrogen-bond acceptors (Lipinski definition) is 2. The normalized spacial score (nSPS) is 31.2. The number of rotatable bonds is 3. The molecule has 0 bridgehead atoms. The van der Waals surface area contributed by atoms with E-state index in [9.17, 15) is 9.59 Å². The number of likely N-dealkylation sites (tertiary alicyclic amines) is 1. The number of piperidine rings is 1. The molecule has 2 unspecified atom stereocenters. The predicted octanol–water partition coefficient (Wildman–Crippen LogP) is 1.99. The molecule has 1 amide bonds. The molecule has 1 saturated carbocycles. The number of carboxylic acid groups (broad SMARTS) is 1. The second kappa shape index (κ2) is 4.56. The van der Waals surface area contributed by atoms with Crippen LogP contribution in [-0.4, -0.2) is 35.0 Å². The fraction of sp³-hybridized carbons (Fsp3) is 0.857. The second-order valence-electron chi connectivity index (χ2n) is 6.29. The van der Waals surface area contributed by atoms with Gasteiger partial charge in [0, 0.05) is 13.1 Å². The molecule has 1 aliphatic heterocycles. The molecule has 0 aromatic carbocycles. The van der Waals surface area contributed by atoms with Crippen molar-refractivity contribution in [2.24, 2.45) is 23.2 Å². The van der Waals surface area contributed by atoms with Gasteiger partial charge in [-0.1, -0.05) is 27.2 Å². The van der Waals surface area contributed by atoms with Gasteiger partial charge in [0.2, 0.25) is 5.91 Å². The fourth-order valence-electron chi connectivity index (χ4n) is 3.32. The Balaban J connectivity index is 1.96. The molecule has 2 rings (SSSR count). The van der Waals surface area contributed by atoms with Crippen molar-refractivity contribution >= 4 is 11.9 Å². The molecule has 1 aliphatic carbocycles. The van der Waals surface area contributed by atoms with Crippen LogP contribution in [0.5, 0.6) is 0 Å². The molecular formula is C14H23NO3. The third kappa shape index (κ3) is 2.13. The fourth-order valence-corrected chi connectivity index (χ4v) is 3.32. The Bertz CT molecular complexity index is 356. The number of aliphatic carboxylic acids is 1. The van der Waals surface area contributed by atoms with E-state index in [0.717, 1.165) is 31.8 Å². The summed E-state index contributed by atoms with van der Waals surface area (Å²) in [5.41, 5.74) is -0.371. The van der Waals surface area contributed by atoms with Crippen LogP contribution in [0.2, 0.25) is 0 Å². The Morgan fingerprint density at radius 1 is 1.22 bits per heavy atom. The van der Waals surface area contributed by atoms with Gasteiger partial charge in [0.15, 0.2) is 0 Å². The number of carboxylic acids is 1. The number of carbonyl (C=O) groups is 2. The maximum Gasteiger partial charge on any atom is 0.307 e. The molecule has 1 N–H and O–H groups in total. The predicted molar refractivity (Wildman–Crippen MR) is 68.0 cm³/mol. The first-order chi connectivity index (χ1) is 8.39. The van der Waals surface area contributed by atoms with Crippen LogP contribution < -0.4 is 0 Å². The third-order valence-corrected chi connectivity index (χ3v) is 4.86. The van der Waals surface area contributed by atoms with Gasteiger partial charge in [-0.25, -0.2) is 0 Å². The summed E-state index contributed by atoms with van der Waals surface area (Å²) in [7, 11) is 0. The number of amides is 1. The maximum absolute atomic E-state index is 12.3. The van der Waals surface area contributed by atoms with Crippen molar-refractivity contribution in [3.63, 3.8) is 0 Å². The average Bonchev–Trinajstić information content (AvgIpc) is 2.92. The SMILES string of the molecule is CCC1CCN(C(=O)C2C(C(=O)O)C2(C)C)CC1. The minimum Gasteiger partial charge on any atom is -0.481 e. The van der Waals surface area contributed by atoms with Crippen molar-refractivity contribution in [1.29, 1.82) is 0 Å². The van der Waals surface area contributed by atoms with Crippen LogP contribution >= 0.6 is 0 Å². The number of carbonyl (C=O) groups excluding carboxylic acids is 1. The van der Waals surface area contributed by atoms with Gasteiger partial charge < -0.3 is 10.0 Å². The zero-order valence-electron chi connectivity index (χ0n) is 11.5. The number of hydrogen-bond donors (Lipinski definition) is 1. The lowest BCUT2D eigenvalue weighted by molar-refractivity contribution is -0.142. The summed E-state index contributed by atoms with van der Waals surface area (Å²) in [5, 5.41) is 9.12. The highest BCUT2D eigenvalue weighted by atomic mass is 16.4. The van der Waals surface area contributed by atoms with Crippen molar-refractivity contribution in [2.75, 3.05) is 13.1 Å². The molecule has 1 heterocycles. The molecule has 0 aromatic rings. The third-order valence-electron chi connectivity index (χ3n) is 4.86. The van der Waals surface area contributed by atoms with Gasteiger partial charge in [-0.05, 0) is 24.2 Å². The summed E-state index contributed by atoms with van der Waals surface area (Å²) in [6, 6.07) is 0. The first-order valence-electron chi connectivity index (χ1n) is 6.91. The van der Waals surface area contributed by atoms with E-state index in [1.807, 2.05) is 18.7 Å². The lowest BCUT2D eigenvalue weighted by atomic mass is 9.94. The van der Waals surface area contributed by atoms with Crippen molar-refractivity contribution in [2.45, 2.75) is 40.0 Å². The van der Waals surface area contributed by atoms with Gasteiger partial charge in [0.1, 0.15) is 0 Å². The summed E-state index contributed by atoms with van der Waals surface area (Å²) < 4.78 is 0. The van der Waals surface area contributed by atoms with E-state index in [1.54, 1.807) is 0 Å². The van der Waals surface area contributed by atoms with E-state index in [4.69, 9.17) is 5.11 Å². The Morgan fingerprint density at radius 2 is 1.78 bits per heavy atom. The zero-order valence-corrected chi connectivity index (χ0v) is 11.5. The van der Waals surface area contributed by atoms with E-state index in [-0.39, 0.29) is 17.2 Å². The van der Waals surface area contributed by atoms with E-state index < -0.39 is 11.9 Å². The Labute approximate surface area is 108 Å². The van der Waals surface area contributed by atoms with Gasteiger partial charge in [0.05, 0.1) is 11.8 Å². The van der Waals surface area contributed by atoms with E-state index in [1.165, 1.54) is 6.42 Å². The molecular weight excluding hydrogens is 230 g/mol. The smallest absolute Gasteiger partial charge is 0.307 e. The second-order valence-corrected chi connectivity index (χ2v) is 6.29. The highest BCUT2D eigenvalue weighted by Gasteiger charge is 2.66. The lowest BCUT2D eigenvalue weighted by Crippen LogP contribution is -2.40. The van der Waals surface area contributed by atoms with Crippen molar-refractivity contribution in [3.8, 4) is 0 Å². The van der Waals surface area contributed by atoms with Crippen LogP contribution in [-0.2, 0) is 9.59 Å². The Hall–Kier alpha value is -1.06. The van der Waals surface area contributed by atoms with Gasteiger partial charge >= 0.3 is 5.97 Å². The Kier molecular flexibility index (Phi) is 3.39. The monoisotopic (exact) mass is 253 g/mol. The van der Waals surface area contributed by atoms with E-state index >= 15 is 0 Å².